The predicted octanol–water partition coefficient (Wildman–Crippen LogP) is 1.58. The van der Waals surface area contributed by atoms with Gasteiger partial charge >= 0.3 is 0 Å². The van der Waals surface area contributed by atoms with Gasteiger partial charge in [0.2, 0.25) is 15.9 Å². The summed E-state index contributed by atoms with van der Waals surface area (Å²) in [7, 11) is -3.83. The quantitative estimate of drug-likeness (QED) is 0.919. The molecule has 1 unspecified atom stereocenters. The summed E-state index contributed by atoms with van der Waals surface area (Å²) in [6.07, 6.45) is 0.144. The zero-order valence-corrected chi connectivity index (χ0v) is 11.7. The molecule has 0 saturated heterocycles. The summed E-state index contributed by atoms with van der Waals surface area (Å²) in [5, 5.41) is 9.22. The summed E-state index contributed by atoms with van der Waals surface area (Å²) in [4.78, 5) is -0.00254. The topological polar surface area (TPSA) is 78.0 Å². The molecule has 0 aliphatic heterocycles. The van der Waals surface area contributed by atoms with Gasteiger partial charge in [0.1, 0.15) is 4.90 Å². The van der Waals surface area contributed by atoms with Crippen molar-refractivity contribution in [2.24, 2.45) is 11.1 Å². The lowest BCUT2D eigenvalue weighted by Gasteiger charge is -2.12. The largest absolute Gasteiger partial charge is 0.268 e. The van der Waals surface area contributed by atoms with Crippen molar-refractivity contribution in [1.82, 2.24) is 9.78 Å². The van der Waals surface area contributed by atoms with Gasteiger partial charge in [-0.25, -0.2) is 22.3 Å². The fraction of sp³-hybridized carbons (Fsp3) is 0.727. The van der Waals surface area contributed by atoms with Gasteiger partial charge in [-0.05, 0) is 26.2 Å². The van der Waals surface area contributed by atoms with E-state index in [2.05, 4.69) is 5.10 Å². The number of rotatable bonds is 3. The molecule has 1 fully saturated rings. The highest BCUT2D eigenvalue weighted by atomic mass is 32.2. The van der Waals surface area contributed by atoms with E-state index in [1.807, 2.05) is 0 Å². The van der Waals surface area contributed by atoms with E-state index in [-0.39, 0.29) is 23.7 Å². The number of primary sulfonamides is 1. The van der Waals surface area contributed by atoms with Crippen LogP contribution >= 0.6 is 0 Å². The fourth-order valence-electron chi connectivity index (χ4n) is 2.71. The van der Waals surface area contributed by atoms with Crippen LogP contribution in [0, 0.1) is 19.8 Å². The summed E-state index contributed by atoms with van der Waals surface area (Å²) in [5.41, 5.74) is 0.722. The average Bonchev–Trinajstić information content (AvgIpc) is 2.67. The van der Waals surface area contributed by atoms with Crippen LogP contribution in [0.1, 0.15) is 30.7 Å². The van der Waals surface area contributed by atoms with Crippen LogP contribution in [0.25, 0.3) is 0 Å². The third-order valence-corrected chi connectivity index (χ3v) is 4.70. The van der Waals surface area contributed by atoms with Crippen LogP contribution in [0.2, 0.25) is 0 Å². The van der Waals surface area contributed by atoms with Crippen LogP contribution < -0.4 is 5.14 Å². The Morgan fingerprint density at radius 3 is 2.53 bits per heavy atom. The Labute approximate surface area is 110 Å². The zero-order valence-electron chi connectivity index (χ0n) is 10.9. The first-order valence-electron chi connectivity index (χ1n) is 6.05. The van der Waals surface area contributed by atoms with E-state index >= 15 is 0 Å². The molecule has 2 N–H and O–H groups in total. The van der Waals surface area contributed by atoms with Gasteiger partial charge in [0.25, 0.3) is 0 Å². The van der Waals surface area contributed by atoms with Crippen molar-refractivity contribution in [3.8, 4) is 0 Å². The Balaban J connectivity index is 2.24. The summed E-state index contributed by atoms with van der Waals surface area (Å²) in [5.74, 6) is -2.79. The Hall–Kier alpha value is -1.02. The number of aromatic nitrogens is 2. The molecule has 0 aromatic carbocycles. The van der Waals surface area contributed by atoms with Crippen LogP contribution in [-0.4, -0.2) is 24.1 Å². The average molecular weight is 293 g/mol. The molecule has 5 nitrogen and oxygen atoms in total. The molecule has 108 valence electrons. The van der Waals surface area contributed by atoms with Gasteiger partial charge in [-0.15, -0.1) is 0 Å². The number of alkyl halides is 2. The van der Waals surface area contributed by atoms with Crippen molar-refractivity contribution in [1.29, 1.82) is 0 Å². The number of halogens is 2. The Morgan fingerprint density at radius 2 is 2.11 bits per heavy atom. The molecule has 0 bridgehead atoms. The van der Waals surface area contributed by atoms with Gasteiger partial charge in [0, 0.05) is 19.4 Å². The minimum absolute atomic E-state index is 0.00254. The highest BCUT2D eigenvalue weighted by Crippen LogP contribution is 2.39. The maximum absolute atomic E-state index is 13.1. The number of nitrogens with two attached hydrogens (primary N) is 1. The first-order valence-corrected chi connectivity index (χ1v) is 7.59. The van der Waals surface area contributed by atoms with Crippen molar-refractivity contribution in [3.05, 3.63) is 11.4 Å². The van der Waals surface area contributed by atoms with Crippen molar-refractivity contribution in [2.45, 2.75) is 50.5 Å². The molecule has 0 spiro atoms. The molecular formula is C11H17F2N3O2S. The molecule has 1 aromatic heterocycles. The van der Waals surface area contributed by atoms with E-state index in [1.165, 1.54) is 4.68 Å². The minimum atomic E-state index is -3.83. The van der Waals surface area contributed by atoms with E-state index < -0.39 is 15.9 Å². The van der Waals surface area contributed by atoms with Gasteiger partial charge in [-0.1, -0.05) is 0 Å². The van der Waals surface area contributed by atoms with E-state index in [4.69, 9.17) is 5.14 Å². The standard InChI is InChI=1S/C11H17F2N3O2S/c1-7-10(19(14,17)18)8(2)16(15-7)6-9-3-4-11(12,13)5-9/h9H,3-6H2,1-2H3,(H2,14,17,18). The third kappa shape index (κ3) is 2.94. The van der Waals surface area contributed by atoms with E-state index in [0.29, 0.717) is 24.4 Å². The van der Waals surface area contributed by atoms with Crippen LogP contribution in [-0.2, 0) is 16.6 Å². The molecule has 1 heterocycles. The third-order valence-electron chi connectivity index (χ3n) is 3.54. The van der Waals surface area contributed by atoms with Crippen LogP contribution in [0.4, 0.5) is 8.78 Å². The number of hydrogen-bond acceptors (Lipinski definition) is 3. The molecular weight excluding hydrogens is 276 g/mol. The Morgan fingerprint density at radius 1 is 1.47 bits per heavy atom. The molecule has 2 rings (SSSR count). The maximum atomic E-state index is 13.1. The summed E-state index contributed by atoms with van der Waals surface area (Å²) in [6.45, 7) is 3.44. The molecule has 1 aromatic rings. The smallest absolute Gasteiger partial charge is 0.248 e. The molecule has 1 saturated carbocycles. The summed E-state index contributed by atoms with van der Waals surface area (Å²) >= 11 is 0. The van der Waals surface area contributed by atoms with E-state index in [1.54, 1.807) is 13.8 Å². The minimum Gasteiger partial charge on any atom is -0.268 e. The van der Waals surface area contributed by atoms with E-state index in [0.717, 1.165) is 0 Å². The van der Waals surface area contributed by atoms with Crippen molar-refractivity contribution < 1.29 is 17.2 Å². The Bertz CT molecular complexity index is 595. The van der Waals surface area contributed by atoms with Gasteiger partial charge in [-0.3, -0.25) is 4.68 Å². The lowest BCUT2D eigenvalue weighted by Crippen LogP contribution is -2.16. The monoisotopic (exact) mass is 293 g/mol. The molecule has 1 atom stereocenters. The maximum Gasteiger partial charge on any atom is 0.248 e. The second-order valence-electron chi connectivity index (χ2n) is 5.19. The number of nitrogens with zero attached hydrogens (tertiary/aromatic N) is 2. The van der Waals surface area contributed by atoms with Crippen molar-refractivity contribution in [3.63, 3.8) is 0 Å². The zero-order chi connectivity index (χ0) is 14.4. The fourth-order valence-corrected chi connectivity index (χ4v) is 3.68. The molecule has 0 amide bonds. The molecule has 19 heavy (non-hydrogen) atoms. The van der Waals surface area contributed by atoms with Crippen molar-refractivity contribution >= 4 is 10.0 Å². The number of hydrogen-bond donors (Lipinski definition) is 1. The predicted molar refractivity (Wildman–Crippen MR) is 65.4 cm³/mol. The van der Waals surface area contributed by atoms with Crippen LogP contribution in [0.3, 0.4) is 0 Å². The first-order chi connectivity index (χ1) is 8.60. The SMILES string of the molecule is Cc1nn(CC2CCC(F)(F)C2)c(C)c1S(N)(=O)=O. The lowest BCUT2D eigenvalue weighted by atomic mass is 10.1. The summed E-state index contributed by atoms with van der Waals surface area (Å²) in [6, 6.07) is 0. The number of sulfonamides is 1. The Kier molecular flexibility index (Phi) is 3.42. The number of aryl methyl sites for hydroxylation is 1. The second-order valence-corrected chi connectivity index (χ2v) is 6.69. The molecule has 1 aliphatic carbocycles. The van der Waals surface area contributed by atoms with Gasteiger partial charge in [0.05, 0.1) is 11.4 Å². The van der Waals surface area contributed by atoms with Crippen LogP contribution in [0.5, 0.6) is 0 Å². The summed E-state index contributed by atoms with van der Waals surface area (Å²) < 4.78 is 50.6. The highest BCUT2D eigenvalue weighted by Gasteiger charge is 2.39. The van der Waals surface area contributed by atoms with Gasteiger partial charge in [0.15, 0.2) is 0 Å². The van der Waals surface area contributed by atoms with Gasteiger partial charge in [-0.2, -0.15) is 5.10 Å². The second kappa shape index (κ2) is 4.52. The lowest BCUT2D eigenvalue weighted by molar-refractivity contribution is 0.00419. The highest BCUT2D eigenvalue weighted by molar-refractivity contribution is 7.89. The van der Waals surface area contributed by atoms with Crippen LogP contribution in [0.15, 0.2) is 4.90 Å². The molecule has 1 aliphatic rings. The normalized spacial score (nSPS) is 22.9. The molecule has 0 radical (unpaired) electrons. The van der Waals surface area contributed by atoms with E-state index in [9.17, 15) is 17.2 Å². The van der Waals surface area contributed by atoms with Crippen molar-refractivity contribution in [2.75, 3.05) is 0 Å². The molecule has 8 heteroatoms. The van der Waals surface area contributed by atoms with Gasteiger partial charge < -0.3 is 0 Å². The first kappa shape index (κ1) is 14.4.